The fourth-order valence-corrected chi connectivity index (χ4v) is 1.42. The number of aliphatic hydroxyl groups is 1. The fraction of sp³-hybridized carbons (Fsp3) is 0.500. The molecule has 0 unspecified atom stereocenters. The zero-order valence-corrected chi connectivity index (χ0v) is 9.10. The largest absolute Gasteiger partial charge is 0.397 e. The minimum Gasteiger partial charge on any atom is -0.397 e. The summed E-state index contributed by atoms with van der Waals surface area (Å²) < 4.78 is 1.80. The average Bonchev–Trinajstić information content (AvgIpc) is 2.58. The first-order valence-electron chi connectivity index (χ1n) is 4.92. The molecule has 0 saturated heterocycles. The zero-order chi connectivity index (χ0) is 11.4. The molecule has 1 amide bonds. The lowest BCUT2D eigenvalue weighted by Crippen LogP contribution is -2.31. The highest BCUT2D eigenvalue weighted by molar-refractivity contribution is 5.93. The Hall–Kier alpha value is -1.49. The molecule has 0 spiro atoms. The third-order valence-corrected chi connectivity index (χ3v) is 2.26. The van der Waals surface area contributed by atoms with E-state index < -0.39 is 0 Å². The molecule has 3 N–H and O–H groups in total. The molecule has 0 fully saturated rings. The molecule has 0 bridgehead atoms. The van der Waals surface area contributed by atoms with Crippen molar-refractivity contribution in [2.75, 3.05) is 25.9 Å². The molecule has 0 atom stereocenters. The Labute approximate surface area is 89.1 Å². The second-order valence-corrected chi connectivity index (χ2v) is 3.40. The lowest BCUT2D eigenvalue weighted by Gasteiger charge is -2.16. The van der Waals surface area contributed by atoms with Gasteiger partial charge in [0.25, 0.3) is 5.91 Å². The Balaban J connectivity index is 2.89. The van der Waals surface area contributed by atoms with Gasteiger partial charge >= 0.3 is 0 Å². The molecule has 5 nitrogen and oxygen atoms in total. The molecule has 84 valence electrons. The number of amides is 1. The Morgan fingerprint density at radius 2 is 2.33 bits per heavy atom. The van der Waals surface area contributed by atoms with Crippen molar-refractivity contribution in [3.05, 3.63) is 18.0 Å². The predicted octanol–water partition coefficient (Wildman–Crippen LogP) is 0.155. The summed E-state index contributed by atoms with van der Waals surface area (Å²) in [7, 11) is 1.65. The van der Waals surface area contributed by atoms with Crippen molar-refractivity contribution >= 4 is 11.6 Å². The maximum atomic E-state index is 11.9. The van der Waals surface area contributed by atoms with Gasteiger partial charge in [0, 0.05) is 26.3 Å². The first-order chi connectivity index (χ1) is 7.10. The highest BCUT2D eigenvalue weighted by atomic mass is 16.3. The van der Waals surface area contributed by atoms with Gasteiger partial charge < -0.3 is 20.3 Å². The number of aryl methyl sites for hydroxylation is 1. The lowest BCUT2D eigenvalue weighted by molar-refractivity contribution is 0.0756. The first-order valence-corrected chi connectivity index (χ1v) is 4.92. The van der Waals surface area contributed by atoms with Gasteiger partial charge in [0.2, 0.25) is 0 Å². The average molecular weight is 211 g/mol. The highest BCUT2D eigenvalue weighted by Crippen LogP contribution is 2.12. The number of carbonyl (C=O) groups is 1. The van der Waals surface area contributed by atoms with Crippen LogP contribution in [0.2, 0.25) is 0 Å². The topological polar surface area (TPSA) is 71.5 Å². The van der Waals surface area contributed by atoms with Crippen molar-refractivity contribution in [3.63, 3.8) is 0 Å². The van der Waals surface area contributed by atoms with E-state index in [0.717, 1.165) is 0 Å². The molecular formula is C10H17N3O2. The summed E-state index contributed by atoms with van der Waals surface area (Å²) in [5.41, 5.74) is 6.77. The third kappa shape index (κ3) is 2.50. The Kier molecular flexibility index (Phi) is 3.74. The number of hydrogen-bond acceptors (Lipinski definition) is 3. The van der Waals surface area contributed by atoms with Crippen LogP contribution in [0.15, 0.2) is 12.3 Å². The third-order valence-electron chi connectivity index (χ3n) is 2.26. The number of likely N-dealkylation sites (N-methyl/N-ethyl adjacent to an activating group) is 1. The number of anilines is 1. The van der Waals surface area contributed by atoms with Crippen LogP contribution in [-0.4, -0.2) is 40.7 Å². The second kappa shape index (κ2) is 4.84. The van der Waals surface area contributed by atoms with Gasteiger partial charge in [-0.05, 0) is 13.0 Å². The van der Waals surface area contributed by atoms with Gasteiger partial charge in [-0.3, -0.25) is 4.79 Å². The van der Waals surface area contributed by atoms with E-state index in [1.165, 1.54) is 4.90 Å². The zero-order valence-electron chi connectivity index (χ0n) is 9.10. The van der Waals surface area contributed by atoms with E-state index in [0.29, 0.717) is 24.5 Å². The number of nitrogens with zero attached hydrogens (tertiary/aromatic N) is 2. The minimum absolute atomic E-state index is 0.0371. The van der Waals surface area contributed by atoms with E-state index in [1.54, 1.807) is 23.9 Å². The molecule has 5 heteroatoms. The summed E-state index contributed by atoms with van der Waals surface area (Å²) in [4.78, 5) is 13.3. The van der Waals surface area contributed by atoms with Gasteiger partial charge in [-0.1, -0.05) is 0 Å². The van der Waals surface area contributed by atoms with Crippen molar-refractivity contribution in [2.24, 2.45) is 0 Å². The lowest BCUT2D eigenvalue weighted by atomic mass is 10.3. The van der Waals surface area contributed by atoms with E-state index in [2.05, 4.69) is 0 Å². The van der Waals surface area contributed by atoms with Crippen LogP contribution in [0.5, 0.6) is 0 Å². The molecule has 1 heterocycles. The molecule has 0 aliphatic carbocycles. The number of hydrogen-bond donors (Lipinski definition) is 2. The molecule has 0 aliphatic rings. The summed E-state index contributed by atoms with van der Waals surface area (Å²) in [6.45, 7) is 2.94. The molecule has 1 rings (SSSR count). The van der Waals surface area contributed by atoms with Crippen molar-refractivity contribution in [1.29, 1.82) is 0 Å². The second-order valence-electron chi connectivity index (χ2n) is 3.40. The standard InChI is InChI=1S/C10H17N3O2/c1-3-13-7-8(11)6-9(13)10(15)12(2)4-5-14/h6-7,14H,3-5,11H2,1-2H3. The highest BCUT2D eigenvalue weighted by Gasteiger charge is 2.15. The molecule has 0 saturated carbocycles. The Morgan fingerprint density at radius 1 is 1.67 bits per heavy atom. The molecule has 0 aliphatic heterocycles. The van der Waals surface area contributed by atoms with Crippen molar-refractivity contribution < 1.29 is 9.90 Å². The van der Waals surface area contributed by atoms with Crippen LogP contribution >= 0.6 is 0 Å². The van der Waals surface area contributed by atoms with Gasteiger partial charge in [0.15, 0.2) is 0 Å². The summed E-state index contributed by atoms with van der Waals surface area (Å²) in [5.74, 6) is -0.123. The molecule has 1 aromatic rings. The SMILES string of the molecule is CCn1cc(N)cc1C(=O)N(C)CCO. The summed E-state index contributed by atoms with van der Waals surface area (Å²) in [5, 5.41) is 8.74. The van der Waals surface area contributed by atoms with Gasteiger partial charge in [-0.25, -0.2) is 0 Å². The van der Waals surface area contributed by atoms with E-state index in [-0.39, 0.29) is 12.5 Å². The van der Waals surface area contributed by atoms with Crippen molar-refractivity contribution in [2.45, 2.75) is 13.5 Å². The maximum absolute atomic E-state index is 11.9. The van der Waals surface area contributed by atoms with E-state index in [4.69, 9.17) is 10.8 Å². The molecule has 1 aromatic heterocycles. The van der Waals surface area contributed by atoms with Crippen LogP contribution in [0.4, 0.5) is 5.69 Å². The van der Waals surface area contributed by atoms with Crippen LogP contribution in [0.25, 0.3) is 0 Å². The van der Waals surface area contributed by atoms with Gasteiger partial charge in [0.05, 0.1) is 12.3 Å². The fourth-order valence-electron chi connectivity index (χ4n) is 1.42. The van der Waals surface area contributed by atoms with E-state index in [1.807, 2.05) is 6.92 Å². The summed E-state index contributed by atoms with van der Waals surface area (Å²) in [6.07, 6.45) is 1.74. The van der Waals surface area contributed by atoms with Crippen LogP contribution in [-0.2, 0) is 6.54 Å². The minimum atomic E-state index is -0.123. The smallest absolute Gasteiger partial charge is 0.270 e. The number of carbonyl (C=O) groups excluding carboxylic acids is 1. The molecular weight excluding hydrogens is 194 g/mol. The van der Waals surface area contributed by atoms with E-state index in [9.17, 15) is 4.79 Å². The van der Waals surface area contributed by atoms with Crippen molar-refractivity contribution in [3.8, 4) is 0 Å². The van der Waals surface area contributed by atoms with Crippen molar-refractivity contribution in [1.82, 2.24) is 9.47 Å². The van der Waals surface area contributed by atoms with Crippen LogP contribution in [0, 0.1) is 0 Å². The molecule has 15 heavy (non-hydrogen) atoms. The Bertz CT molecular complexity index is 346. The molecule has 0 aromatic carbocycles. The number of nitrogen functional groups attached to an aromatic ring is 1. The van der Waals surface area contributed by atoms with Gasteiger partial charge in [-0.15, -0.1) is 0 Å². The Morgan fingerprint density at radius 3 is 2.87 bits per heavy atom. The number of rotatable bonds is 4. The van der Waals surface area contributed by atoms with E-state index >= 15 is 0 Å². The van der Waals surface area contributed by atoms with Gasteiger partial charge in [0.1, 0.15) is 5.69 Å². The normalized spacial score (nSPS) is 10.3. The van der Waals surface area contributed by atoms with Gasteiger partial charge in [-0.2, -0.15) is 0 Å². The quantitative estimate of drug-likeness (QED) is 0.745. The summed E-state index contributed by atoms with van der Waals surface area (Å²) in [6, 6.07) is 1.65. The van der Waals surface area contributed by atoms with Crippen LogP contribution < -0.4 is 5.73 Å². The van der Waals surface area contributed by atoms with Crippen LogP contribution in [0.1, 0.15) is 17.4 Å². The molecule has 0 radical (unpaired) electrons. The summed E-state index contributed by atoms with van der Waals surface area (Å²) >= 11 is 0. The monoisotopic (exact) mass is 211 g/mol. The van der Waals surface area contributed by atoms with Crippen LogP contribution in [0.3, 0.4) is 0 Å². The number of nitrogens with two attached hydrogens (primary N) is 1. The number of aromatic nitrogens is 1. The maximum Gasteiger partial charge on any atom is 0.270 e. The predicted molar refractivity (Wildman–Crippen MR) is 58.6 cm³/mol. The number of aliphatic hydroxyl groups excluding tert-OH is 1. The first kappa shape index (κ1) is 11.6.